The zero-order chi connectivity index (χ0) is 43.5. The zero-order valence-corrected chi connectivity index (χ0v) is 38.9. The predicted molar refractivity (Wildman–Crippen MR) is 245 cm³/mol. The Bertz CT molecular complexity index is 1110. The van der Waals surface area contributed by atoms with Gasteiger partial charge >= 0.3 is 11.9 Å². The van der Waals surface area contributed by atoms with E-state index < -0.39 is 18.1 Å². The Balaban J connectivity index is 4.30. The summed E-state index contributed by atoms with van der Waals surface area (Å²) in [6.07, 6.45) is 50.0. The van der Waals surface area contributed by atoms with E-state index in [0.717, 1.165) is 70.6 Å². The number of rotatable bonds is 43. The van der Waals surface area contributed by atoms with Gasteiger partial charge in [0.25, 0.3) is 0 Å². The van der Waals surface area contributed by atoms with Crippen LogP contribution in [0.3, 0.4) is 0 Å². The van der Waals surface area contributed by atoms with E-state index in [-0.39, 0.29) is 49.1 Å². The number of quaternary nitrogens is 1. The lowest BCUT2D eigenvalue weighted by molar-refractivity contribution is -0.889. The highest BCUT2D eigenvalue weighted by atomic mass is 16.6. The van der Waals surface area contributed by atoms with Crippen LogP contribution in [0.2, 0.25) is 0 Å². The van der Waals surface area contributed by atoms with Crippen LogP contribution in [0.4, 0.5) is 0 Å². The number of likely N-dealkylation sites (N-methyl/N-ethyl adjacent to an activating group) is 1. The summed E-state index contributed by atoms with van der Waals surface area (Å²) in [6, 6.07) is -0.732. The number of esters is 2. The zero-order valence-electron chi connectivity index (χ0n) is 38.9. The first kappa shape index (κ1) is 56.3. The number of unbranched alkanes of at least 4 members (excludes halogenated alkanes) is 21. The molecule has 0 bridgehead atoms. The van der Waals surface area contributed by atoms with E-state index in [1.165, 1.54) is 103 Å². The average molecular weight is 830 g/mol. The summed E-state index contributed by atoms with van der Waals surface area (Å²) < 4.78 is 17.2. The Morgan fingerprint density at radius 1 is 0.525 bits per heavy atom. The monoisotopic (exact) mass is 830 g/mol. The minimum absolute atomic E-state index is 0.0288. The van der Waals surface area contributed by atoms with Crippen molar-refractivity contribution in [1.29, 1.82) is 0 Å². The van der Waals surface area contributed by atoms with Gasteiger partial charge in [-0.15, -0.1) is 0 Å². The van der Waals surface area contributed by atoms with E-state index in [9.17, 15) is 19.5 Å². The third-order valence-electron chi connectivity index (χ3n) is 10.7. The number of hydrogen-bond acceptors (Lipinski definition) is 7. The van der Waals surface area contributed by atoms with E-state index >= 15 is 0 Å². The van der Waals surface area contributed by atoms with Gasteiger partial charge in [-0.2, -0.15) is 0 Å². The topological polar surface area (TPSA) is 102 Å². The Morgan fingerprint density at radius 2 is 0.949 bits per heavy atom. The fourth-order valence-electron chi connectivity index (χ4n) is 7.00. The van der Waals surface area contributed by atoms with Crippen LogP contribution in [0.1, 0.15) is 206 Å². The number of carboxylic acid groups (broad SMARTS) is 1. The van der Waals surface area contributed by atoms with Crippen LogP contribution in [0.25, 0.3) is 0 Å². The second-order valence-corrected chi connectivity index (χ2v) is 17.3. The third kappa shape index (κ3) is 40.5. The first-order chi connectivity index (χ1) is 28.6. The summed E-state index contributed by atoms with van der Waals surface area (Å²) in [5.74, 6) is -1.77. The van der Waals surface area contributed by atoms with E-state index in [0.29, 0.717) is 6.42 Å². The Hall–Kier alpha value is -2.71. The minimum Gasteiger partial charge on any atom is -0.544 e. The molecule has 2 atom stereocenters. The smallest absolute Gasteiger partial charge is 0.306 e. The van der Waals surface area contributed by atoms with E-state index in [4.69, 9.17) is 14.2 Å². The van der Waals surface area contributed by atoms with Crippen LogP contribution in [-0.4, -0.2) is 75.5 Å². The van der Waals surface area contributed by atoms with Gasteiger partial charge < -0.3 is 28.6 Å². The van der Waals surface area contributed by atoms with Crippen molar-refractivity contribution in [2.24, 2.45) is 0 Å². The van der Waals surface area contributed by atoms with Gasteiger partial charge in [0.2, 0.25) is 0 Å². The fraction of sp³-hybridized carbons (Fsp3) is 0.784. The molecule has 0 aliphatic carbocycles. The standard InChI is InChI=1S/C51H91NO7/c1-6-8-10-12-14-16-18-20-22-24-25-26-28-29-31-33-35-37-39-41-49(53)58-46-47(45-57-44-43-48(51(55)56)52(3,4)5)59-50(54)42-40-38-36-34-32-30-27-23-21-19-17-15-13-11-9-7-2/h9,11,15,17,21,23,30,32,47-48H,6-8,10,12-14,16,18-20,22,24-29,31,33-46H2,1-5H3/b11-9+,17-15+,23-21+,32-30+. The number of allylic oxidation sites excluding steroid dienone is 8. The van der Waals surface area contributed by atoms with Crippen molar-refractivity contribution in [3.8, 4) is 0 Å². The molecule has 342 valence electrons. The minimum atomic E-state index is -1.13. The predicted octanol–water partition coefficient (Wildman–Crippen LogP) is 12.3. The normalized spacial score (nSPS) is 13.3. The molecule has 0 aliphatic rings. The van der Waals surface area contributed by atoms with Gasteiger partial charge in [-0.25, -0.2) is 0 Å². The molecular formula is C51H91NO7. The van der Waals surface area contributed by atoms with Crippen molar-refractivity contribution in [3.05, 3.63) is 48.6 Å². The summed E-state index contributed by atoms with van der Waals surface area (Å²) in [4.78, 5) is 36.9. The number of carbonyl (C=O) groups excluding carboxylic acids is 3. The van der Waals surface area contributed by atoms with Gasteiger partial charge in [-0.3, -0.25) is 9.59 Å². The first-order valence-corrected chi connectivity index (χ1v) is 24.2. The Labute approximate surface area is 363 Å². The molecule has 0 radical (unpaired) electrons. The summed E-state index contributed by atoms with van der Waals surface area (Å²) in [5.41, 5.74) is 0. The lowest BCUT2D eigenvalue weighted by atomic mass is 10.0. The Morgan fingerprint density at radius 3 is 1.41 bits per heavy atom. The molecule has 0 aliphatic heterocycles. The average Bonchev–Trinajstić information content (AvgIpc) is 3.19. The SMILES string of the molecule is CC/C=C/C/C=C/C/C=C/C/C=C/CCCCCC(=O)OC(COCCC(C(=O)[O-])[N+](C)(C)C)COC(=O)CCCCCCCCCCCCCCCCCCCCC. The van der Waals surface area contributed by atoms with Gasteiger partial charge in [-0.05, 0) is 51.4 Å². The molecule has 2 unspecified atom stereocenters. The largest absolute Gasteiger partial charge is 0.544 e. The number of nitrogens with zero attached hydrogens (tertiary/aromatic N) is 1. The van der Waals surface area contributed by atoms with Gasteiger partial charge in [0.1, 0.15) is 12.6 Å². The van der Waals surface area contributed by atoms with Gasteiger partial charge in [0.05, 0.1) is 40.3 Å². The molecule has 0 aromatic rings. The fourth-order valence-corrected chi connectivity index (χ4v) is 7.00. The Kier molecular flexibility index (Phi) is 40.1. The second-order valence-electron chi connectivity index (χ2n) is 17.3. The number of carboxylic acids is 1. The molecule has 59 heavy (non-hydrogen) atoms. The van der Waals surface area contributed by atoms with Crippen molar-refractivity contribution in [2.75, 3.05) is 41.0 Å². The highest BCUT2D eigenvalue weighted by Gasteiger charge is 2.25. The van der Waals surface area contributed by atoms with E-state index in [2.05, 4.69) is 62.5 Å². The van der Waals surface area contributed by atoms with Gasteiger partial charge in [0, 0.05) is 19.3 Å². The lowest BCUT2D eigenvalue weighted by Crippen LogP contribution is -2.55. The van der Waals surface area contributed by atoms with Crippen LogP contribution < -0.4 is 5.11 Å². The van der Waals surface area contributed by atoms with Crippen molar-refractivity contribution in [1.82, 2.24) is 0 Å². The molecule has 0 rings (SSSR count). The number of ether oxygens (including phenoxy) is 3. The van der Waals surface area contributed by atoms with E-state index in [1.807, 2.05) is 0 Å². The highest BCUT2D eigenvalue weighted by Crippen LogP contribution is 2.16. The summed E-state index contributed by atoms with van der Waals surface area (Å²) in [5, 5.41) is 11.6. The molecule has 0 fully saturated rings. The lowest BCUT2D eigenvalue weighted by Gasteiger charge is -2.34. The van der Waals surface area contributed by atoms with Crippen LogP contribution >= 0.6 is 0 Å². The molecule has 0 N–H and O–H groups in total. The van der Waals surface area contributed by atoms with Crippen molar-refractivity contribution in [2.45, 2.75) is 219 Å². The molecule has 0 saturated heterocycles. The maximum atomic E-state index is 12.7. The molecule has 0 heterocycles. The number of carbonyl (C=O) groups is 3. The highest BCUT2D eigenvalue weighted by molar-refractivity contribution is 5.70. The van der Waals surface area contributed by atoms with Gasteiger partial charge in [0.15, 0.2) is 6.10 Å². The van der Waals surface area contributed by atoms with E-state index in [1.54, 1.807) is 21.1 Å². The third-order valence-corrected chi connectivity index (χ3v) is 10.7. The molecule has 0 aromatic heterocycles. The maximum absolute atomic E-state index is 12.7. The first-order valence-electron chi connectivity index (χ1n) is 24.2. The van der Waals surface area contributed by atoms with Gasteiger partial charge in [-0.1, -0.05) is 184 Å². The molecule has 0 spiro atoms. The molecule has 0 aromatic carbocycles. The quantitative estimate of drug-likeness (QED) is 0.0261. The van der Waals surface area contributed by atoms with Crippen molar-refractivity contribution in [3.63, 3.8) is 0 Å². The molecule has 0 saturated carbocycles. The van der Waals surface area contributed by atoms with Crippen LogP contribution in [-0.2, 0) is 28.6 Å². The number of hydrogen-bond donors (Lipinski definition) is 0. The summed E-state index contributed by atoms with van der Waals surface area (Å²) >= 11 is 0. The van der Waals surface area contributed by atoms with Crippen LogP contribution in [0.5, 0.6) is 0 Å². The molecule has 8 nitrogen and oxygen atoms in total. The second kappa shape index (κ2) is 42.0. The molecule has 0 amide bonds. The van der Waals surface area contributed by atoms with Crippen LogP contribution in [0, 0.1) is 0 Å². The molecule has 8 heteroatoms. The van der Waals surface area contributed by atoms with Crippen molar-refractivity contribution < 1.29 is 38.2 Å². The number of aliphatic carboxylic acids is 1. The maximum Gasteiger partial charge on any atom is 0.306 e. The summed E-state index contributed by atoms with van der Waals surface area (Å²) in [6.45, 7) is 4.53. The van der Waals surface area contributed by atoms with Crippen molar-refractivity contribution >= 4 is 17.9 Å². The summed E-state index contributed by atoms with van der Waals surface area (Å²) in [7, 11) is 5.40. The van der Waals surface area contributed by atoms with Crippen LogP contribution in [0.15, 0.2) is 48.6 Å². The molecular weight excluding hydrogens is 739 g/mol.